The molecule has 0 rings (SSSR count). The van der Waals surface area contributed by atoms with Crippen molar-refractivity contribution in [2.45, 2.75) is 58.3 Å². The molecule has 0 aromatic carbocycles. The van der Waals surface area contributed by atoms with E-state index in [4.69, 9.17) is 0 Å². The number of hydrogen-bond acceptors (Lipinski definition) is 1. The minimum atomic E-state index is 0.454. The van der Waals surface area contributed by atoms with Crippen LogP contribution in [-0.4, -0.2) is 6.29 Å². The first-order chi connectivity index (χ1) is 6.41. The molecular formula is C12H21O. The Morgan fingerprint density at radius 1 is 1.00 bits per heavy atom. The van der Waals surface area contributed by atoms with Crippen LogP contribution in [-0.2, 0) is 4.79 Å². The Hall–Kier alpha value is -0.590. The molecule has 1 heteroatoms. The van der Waals surface area contributed by atoms with Gasteiger partial charge in [0.1, 0.15) is 0 Å². The van der Waals surface area contributed by atoms with E-state index in [-0.39, 0.29) is 0 Å². The highest BCUT2D eigenvalue weighted by atomic mass is 16.1. The summed E-state index contributed by atoms with van der Waals surface area (Å²) in [4.78, 5) is 9.84. The van der Waals surface area contributed by atoms with Crippen LogP contribution in [0.4, 0.5) is 0 Å². The molecular weight excluding hydrogens is 160 g/mol. The summed E-state index contributed by atoms with van der Waals surface area (Å²) >= 11 is 0. The standard InChI is InChI=1S/C12H21O/c1-2-3-4-5-6-7-8-9-10-11-12-13/h9-10H,2-8,11H2,1H3/b10-9+. The lowest BCUT2D eigenvalue weighted by Crippen LogP contribution is -1.77. The molecule has 0 fully saturated rings. The second-order valence-electron chi connectivity index (χ2n) is 3.38. The Balaban J connectivity index is 2.94. The maximum atomic E-state index is 9.84. The molecule has 0 aliphatic rings. The summed E-state index contributed by atoms with van der Waals surface area (Å²) in [7, 11) is 0. The predicted molar refractivity (Wildman–Crippen MR) is 57.4 cm³/mol. The molecule has 75 valence electrons. The molecule has 0 heterocycles. The van der Waals surface area contributed by atoms with E-state index >= 15 is 0 Å². The predicted octanol–water partition coefficient (Wildman–Crippen LogP) is 3.79. The minimum Gasteiger partial charge on any atom is -0.291 e. The third-order valence-electron chi connectivity index (χ3n) is 2.09. The summed E-state index contributed by atoms with van der Waals surface area (Å²) in [6.07, 6.45) is 15.4. The minimum absolute atomic E-state index is 0.454. The molecule has 0 unspecified atom stereocenters. The van der Waals surface area contributed by atoms with Gasteiger partial charge in [0.05, 0.1) is 0 Å². The summed E-state index contributed by atoms with van der Waals surface area (Å²) in [6.45, 7) is 2.23. The van der Waals surface area contributed by atoms with Crippen molar-refractivity contribution in [3.63, 3.8) is 0 Å². The van der Waals surface area contributed by atoms with Crippen molar-refractivity contribution in [3.05, 3.63) is 12.2 Å². The lowest BCUT2D eigenvalue weighted by molar-refractivity contribution is 0.556. The van der Waals surface area contributed by atoms with Gasteiger partial charge in [0.15, 0.2) is 0 Å². The van der Waals surface area contributed by atoms with Crippen LogP contribution in [0.2, 0.25) is 0 Å². The van der Waals surface area contributed by atoms with Crippen LogP contribution in [0.5, 0.6) is 0 Å². The van der Waals surface area contributed by atoms with Gasteiger partial charge in [0.25, 0.3) is 0 Å². The molecule has 0 aromatic rings. The van der Waals surface area contributed by atoms with E-state index in [1.807, 2.05) is 12.4 Å². The van der Waals surface area contributed by atoms with E-state index in [0.717, 1.165) is 6.42 Å². The number of rotatable bonds is 9. The average molecular weight is 181 g/mol. The fourth-order valence-electron chi connectivity index (χ4n) is 1.29. The van der Waals surface area contributed by atoms with Crippen molar-refractivity contribution >= 4 is 6.29 Å². The van der Waals surface area contributed by atoms with Gasteiger partial charge in [-0.15, -0.1) is 0 Å². The van der Waals surface area contributed by atoms with Crippen molar-refractivity contribution in [1.82, 2.24) is 0 Å². The van der Waals surface area contributed by atoms with Crippen LogP contribution in [0.1, 0.15) is 58.3 Å². The van der Waals surface area contributed by atoms with Gasteiger partial charge in [-0.05, 0) is 12.8 Å². The molecule has 0 spiro atoms. The Morgan fingerprint density at radius 3 is 2.38 bits per heavy atom. The lowest BCUT2D eigenvalue weighted by atomic mass is 10.1. The van der Waals surface area contributed by atoms with Crippen molar-refractivity contribution in [3.8, 4) is 0 Å². The first kappa shape index (κ1) is 12.4. The summed E-state index contributed by atoms with van der Waals surface area (Å²) < 4.78 is 0. The molecule has 0 aliphatic carbocycles. The fourth-order valence-corrected chi connectivity index (χ4v) is 1.29. The topological polar surface area (TPSA) is 17.1 Å². The quantitative estimate of drug-likeness (QED) is 0.390. The highest BCUT2D eigenvalue weighted by molar-refractivity contribution is 5.52. The first-order valence-corrected chi connectivity index (χ1v) is 5.41. The summed E-state index contributed by atoms with van der Waals surface area (Å²) in [5, 5.41) is 0. The fraction of sp³-hybridized carbons (Fsp3) is 0.750. The molecule has 1 radical (unpaired) electrons. The number of unbranched alkanes of at least 4 members (excludes halogenated alkanes) is 6. The van der Waals surface area contributed by atoms with Gasteiger partial charge < -0.3 is 0 Å². The highest BCUT2D eigenvalue weighted by Crippen LogP contribution is 2.07. The van der Waals surface area contributed by atoms with E-state index in [1.54, 1.807) is 0 Å². The van der Waals surface area contributed by atoms with Crippen LogP contribution < -0.4 is 0 Å². The third kappa shape index (κ3) is 11.4. The largest absolute Gasteiger partial charge is 0.291 e. The van der Waals surface area contributed by atoms with Crippen molar-refractivity contribution < 1.29 is 4.79 Å². The van der Waals surface area contributed by atoms with Gasteiger partial charge in [-0.25, -0.2) is 0 Å². The van der Waals surface area contributed by atoms with Crippen LogP contribution in [0, 0.1) is 0 Å². The second kappa shape index (κ2) is 11.4. The molecule has 0 N–H and O–H groups in total. The van der Waals surface area contributed by atoms with Crippen LogP contribution >= 0.6 is 0 Å². The average Bonchev–Trinajstić information content (AvgIpc) is 2.16. The van der Waals surface area contributed by atoms with Crippen LogP contribution in [0.25, 0.3) is 0 Å². The van der Waals surface area contributed by atoms with Crippen LogP contribution in [0.15, 0.2) is 12.2 Å². The van der Waals surface area contributed by atoms with Crippen molar-refractivity contribution in [2.75, 3.05) is 0 Å². The van der Waals surface area contributed by atoms with Gasteiger partial charge in [0, 0.05) is 6.42 Å². The molecule has 13 heavy (non-hydrogen) atoms. The second-order valence-corrected chi connectivity index (χ2v) is 3.38. The number of hydrogen-bond donors (Lipinski definition) is 0. The van der Waals surface area contributed by atoms with E-state index in [9.17, 15) is 4.79 Å². The maximum absolute atomic E-state index is 9.84. The summed E-state index contributed by atoms with van der Waals surface area (Å²) in [6, 6.07) is 0. The van der Waals surface area contributed by atoms with Gasteiger partial charge in [0.2, 0.25) is 6.29 Å². The maximum Gasteiger partial charge on any atom is 0.202 e. The molecule has 0 aliphatic heterocycles. The smallest absolute Gasteiger partial charge is 0.202 e. The summed E-state index contributed by atoms with van der Waals surface area (Å²) in [5.74, 6) is 0. The Bertz CT molecular complexity index is 127. The Kier molecular flexibility index (Phi) is 10.9. The first-order valence-electron chi connectivity index (χ1n) is 5.41. The zero-order chi connectivity index (χ0) is 9.78. The van der Waals surface area contributed by atoms with Crippen molar-refractivity contribution in [1.29, 1.82) is 0 Å². The molecule has 0 aromatic heterocycles. The lowest BCUT2D eigenvalue weighted by Gasteiger charge is -1.97. The summed E-state index contributed by atoms with van der Waals surface area (Å²) in [5.41, 5.74) is 0. The molecule has 0 bridgehead atoms. The van der Waals surface area contributed by atoms with E-state index in [0.29, 0.717) is 6.42 Å². The monoisotopic (exact) mass is 181 g/mol. The van der Waals surface area contributed by atoms with Gasteiger partial charge in [-0.2, -0.15) is 0 Å². The molecule has 0 atom stereocenters. The SMILES string of the molecule is CCCCCCCC/C=C/C[C]=O. The molecule has 1 nitrogen and oxygen atoms in total. The third-order valence-corrected chi connectivity index (χ3v) is 2.09. The van der Waals surface area contributed by atoms with Gasteiger partial charge >= 0.3 is 0 Å². The van der Waals surface area contributed by atoms with E-state index in [1.165, 1.54) is 38.5 Å². The Morgan fingerprint density at radius 2 is 1.69 bits per heavy atom. The van der Waals surface area contributed by atoms with Crippen LogP contribution in [0.3, 0.4) is 0 Å². The molecule has 0 saturated carbocycles. The van der Waals surface area contributed by atoms with Crippen molar-refractivity contribution in [2.24, 2.45) is 0 Å². The zero-order valence-electron chi connectivity index (χ0n) is 8.72. The normalized spacial score (nSPS) is 10.8. The molecule has 0 amide bonds. The molecule has 0 saturated heterocycles. The van der Waals surface area contributed by atoms with Gasteiger partial charge in [-0.3, -0.25) is 4.79 Å². The van der Waals surface area contributed by atoms with E-state index < -0.39 is 0 Å². The van der Waals surface area contributed by atoms with E-state index in [2.05, 4.69) is 13.0 Å². The number of carbonyl (C=O) groups excluding carboxylic acids is 1. The Labute approximate surface area is 82.2 Å². The number of allylic oxidation sites excluding steroid dienone is 2. The zero-order valence-corrected chi connectivity index (χ0v) is 8.72. The highest BCUT2D eigenvalue weighted by Gasteiger charge is 1.87. The van der Waals surface area contributed by atoms with Gasteiger partial charge in [-0.1, -0.05) is 51.2 Å².